The molecule has 0 aromatic heterocycles. The summed E-state index contributed by atoms with van der Waals surface area (Å²) in [7, 11) is -3.86. The molecule has 30 heavy (non-hydrogen) atoms. The number of benzene rings is 3. The maximum atomic E-state index is 13.1. The third-order valence-electron chi connectivity index (χ3n) is 4.39. The van der Waals surface area contributed by atoms with Crippen molar-refractivity contribution in [3.05, 3.63) is 100 Å². The topological polar surface area (TPSA) is 66.5 Å². The van der Waals surface area contributed by atoms with Gasteiger partial charge in [0.15, 0.2) is 0 Å². The molecule has 3 rings (SSSR count). The molecule has 8 heteroatoms. The molecule has 0 saturated carbocycles. The van der Waals surface area contributed by atoms with Gasteiger partial charge in [-0.15, -0.1) is 0 Å². The van der Waals surface area contributed by atoms with Crippen molar-refractivity contribution >= 4 is 39.1 Å². The maximum absolute atomic E-state index is 13.1. The van der Waals surface area contributed by atoms with Crippen LogP contribution in [0.25, 0.3) is 0 Å². The molecule has 0 spiro atoms. The molecule has 0 radical (unpaired) electrons. The molecule has 0 bridgehead atoms. The van der Waals surface area contributed by atoms with Crippen molar-refractivity contribution in [2.24, 2.45) is 0 Å². The molecular weight excluding hydrogens is 443 g/mol. The fourth-order valence-electron chi connectivity index (χ4n) is 2.83. The van der Waals surface area contributed by atoms with E-state index in [9.17, 15) is 13.2 Å². The number of hydrogen-bond acceptors (Lipinski definition) is 3. The Morgan fingerprint density at radius 2 is 1.53 bits per heavy atom. The highest BCUT2D eigenvalue weighted by atomic mass is 35.5. The van der Waals surface area contributed by atoms with Gasteiger partial charge in [0.2, 0.25) is 15.9 Å². The van der Waals surface area contributed by atoms with E-state index in [1.807, 2.05) is 30.3 Å². The molecule has 0 atom stereocenters. The molecule has 0 aliphatic heterocycles. The van der Waals surface area contributed by atoms with E-state index < -0.39 is 15.9 Å². The molecule has 1 N–H and O–H groups in total. The molecule has 3 aromatic carbocycles. The van der Waals surface area contributed by atoms with Gasteiger partial charge in [0.1, 0.15) is 0 Å². The molecule has 5 nitrogen and oxygen atoms in total. The molecule has 0 unspecified atom stereocenters. The SMILES string of the molecule is O=C(CN(Cc1ccccc1)S(=O)(=O)c1ccccc1)NCc1ccc(Cl)cc1Cl. The van der Waals surface area contributed by atoms with Crippen molar-refractivity contribution in [2.75, 3.05) is 6.54 Å². The molecule has 0 saturated heterocycles. The lowest BCUT2D eigenvalue weighted by Gasteiger charge is -2.22. The molecule has 156 valence electrons. The summed E-state index contributed by atoms with van der Waals surface area (Å²) in [5, 5.41) is 3.66. The summed E-state index contributed by atoms with van der Waals surface area (Å²) in [6.45, 7) is -0.0794. The van der Waals surface area contributed by atoms with E-state index >= 15 is 0 Å². The maximum Gasteiger partial charge on any atom is 0.243 e. The van der Waals surface area contributed by atoms with E-state index in [0.29, 0.717) is 15.6 Å². The van der Waals surface area contributed by atoms with Gasteiger partial charge >= 0.3 is 0 Å². The normalized spacial score (nSPS) is 11.4. The lowest BCUT2D eigenvalue weighted by molar-refractivity contribution is -0.121. The van der Waals surface area contributed by atoms with Crippen molar-refractivity contribution in [3.8, 4) is 0 Å². The Labute approximate surface area is 186 Å². The summed E-state index contributed by atoms with van der Waals surface area (Å²) in [6.07, 6.45) is 0. The van der Waals surface area contributed by atoms with Crippen LogP contribution in [0.3, 0.4) is 0 Å². The number of amides is 1. The van der Waals surface area contributed by atoms with Crippen LogP contribution in [0.15, 0.2) is 83.8 Å². The van der Waals surface area contributed by atoms with E-state index in [0.717, 1.165) is 9.87 Å². The highest BCUT2D eigenvalue weighted by molar-refractivity contribution is 7.89. The third-order valence-corrected chi connectivity index (χ3v) is 6.79. The molecule has 3 aromatic rings. The van der Waals surface area contributed by atoms with E-state index in [-0.39, 0.29) is 24.5 Å². The highest BCUT2D eigenvalue weighted by Gasteiger charge is 2.26. The second-order valence-corrected chi connectivity index (χ2v) is 9.37. The minimum atomic E-state index is -3.86. The van der Waals surface area contributed by atoms with Crippen LogP contribution < -0.4 is 5.32 Å². The number of nitrogens with zero attached hydrogens (tertiary/aromatic N) is 1. The highest BCUT2D eigenvalue weighted by Crippen LogP contribution is 2.21. The summed E-state index contributed by atoms with van der Waals surface area (Å²) >= 11 is 12.0. The van der Waals surface area contributed by atoms with Gasteiger partial charge in [-0.1, -0.05) is 77.8 Å². The lowest BCUT2D eigenvalue weighted by Crippen LogP contribution is -2.40. The van der Waals surface area contributed by atoms with Gasteiger partial charge in [-0.05, 0) is 35.4 Å². The minimum absolute atomic E-state index is 0.0766. The standard InChI is InChI=1S/C22H20Cl2N2O3S/c23-19-12-11-18(21(24)13-19)14-25-22(27)16-26(15-17-7-3-1-4-8-17)30(28,29)20-9-5-2-6-10-20/h1-13H,14-16H2,(H,25,27). The Morgan fingerprint density at radius 3 is 2.17 bits per heavy atom. The Hall–Kier alpha value is -2.38. The van der Waals surface area contributed by atoms with Gasteiger partial charge in [-0.2, -0.15) is 4.31 Å². The number of nitrogens with one attached hydrogen (secondary N) is 1. The third kappa shape index (κ3) is 5.83. The number of hydrogen-bond donors (Lipinski definition) is 1. The molecule has 0 aliphatic carbocycles. The number of carbonyl (C=O) groups is 1. The molecule has 0 aliphatic rings. The quantitative estimate of drug-likeness (QED) is 0.535. The van der Waals surface area contributed by atoms with Crippen molar-refractivity contribution in [1.29, 1.82) is 0 Å². The average Bonchev–Trinajstić information content (AvgIpc) is 2.74. The second-order valence-electron chi connectivity index (χ2n) is 6.58. The smallest absolute Gasteiger partial charge is 0.243 e. The summed E-state index contributed by atoms with van der Waals surface area (Å²) in [4.78, 5) is 12.7. The predicted molar refractivity (Wildman–Crippen MR) is 119 cm³/mol. The van der Waals surface area contributed by atoms with Crippen LogP contribution in [0.4, 0.5) is 0 Å². The first-order chi connectivity index (χ1) is 14.4. The van der Waals surface area contributed by atoms with Gasteiger partial charge in [-0.25, -0.2) is 8.42 Å². The van der Waals surface area contributed by atoms with Gasteiger partial charge in [0.25, 0.3) is 0 Å². The second kappa shape index (κ2) is 10.1. The van der Waals surface area contributed by atoms with Crippen LogP contribution in [-0.2, 0) is 27.9 Å². The van der Waals surface area contributed by atoms with Gasteiger partial charge in [-0.3, -0.25) is 4.79 Å². The van der Waals surface area contributed by atoms with Crippen molar-refractivity contribution in [3.63, 3.8) is 0 Å². The number of rotatable bonds is 8. The van der Waals surface area contributed by atoms with Crippen molar-refractivity contribution in [1.82, 2.24) is 9.62 Å². The van der Waals surface area contributed by atoms with Crippen LogP contribution in [0.1, 0.15) is 11.1 Å². The fraction of sp³-hybridized carbons (Fsp3) is 0.136. The lowest BCUT2D eigenvalue weighted by atomic mass is 10.2. The summed E-state index contributed by atoms with van der Waals surface area (Å²) in [5.74, 6) is -0.434. The van der Waals surface area contributed by atoms with Gasteiger partial charge in [0, 0.05) is 23.1 Å². The summed E-state index contributed by atoms with van der Waals surface area (Å²) < 4.78 is 27.5. The zero-order chi connectivity index (χ0) is 21.6. The first kappa shape index (κ1) is 22.3. The molecular formula is C22H20Cl2N2O3S. The molecule has 0 fully saturated rings. The van der Waals surface area contributed by atoms with Crippen LogP contribution in [0.5, 0.6) is 0 Å². The first-order valence-electron chi connectivity index (χ1n) is 9.16. The monoisotopic (exact) mass is 462 g/mol. The number of sulfonamides is 1. The number of carbonyl (C=O) groups excluding carboxylic acids is 1. The summed E-state index contributed by atoms with van der Waals surface area (Å²) in [6, 6.07) is 22.2. The Balaban J connectivity index is 1.77. The van der Waals surface area contributed by atoms with Crippen LogP contribution in [0, 0.1) is 0 Å². The molecule has 0 heterocycles. The molecule has 1 amide bonds. The van der Waals surface area contributed by atoms with Crippen LogP contribution in [-0.4, -0.2) is 25.2 Å². The fourth-order valence-corrected chi connectivity index (χ4v) is 4.71. The Morgan fingerprint density at radius 1 is 0.900 bits per heavy atom. The summed E-state index contributed by atoms with van der Waals surface area (Å²) in [5.41, 5.74) is 1.47. The van der Waals surface area contributed by atoms with E-state index in [1.54, 1.807) is 36.4 Å². The van der Waals surface area contributed by atoms with Gasteiger partial charge < -0.3 is 5.32 Å². The zero-order valence-electron chi connectivity index (χ0n) is 16.0. The largest absolute Gasteiger partial charge is 0.351 e. The zero-order valence-corrected chi connectivity index (χ0v) is 18.3. The first-order valence-corrected chi connectivity index (χ1v) is 11.4. The van der Waals surface area contributed by atoms with E-state index in [4.69, 9.17) is 23.2 Å². The van der Waals surface area contributed by atoms with Crippen molar-refractivity contribution < 1.29 is 13.2 Å². The Bertz CT molecular complexity index is 1110. The Kier molecular flexibility index (Phi) is 7.50. The number of halogens is 2. The minimum Gasteiger partial charge on any atom is -0.351 e. The van der Waals surface area contributed by atoms with Crippen molar-refractivity contribution in [2.45, 2.75) is 18.0 Å². The van der Waals surface area contributed by atoms with Crippen LogP contribution in [0.2, 0.25) is 10.0 Å². The van der Waals surface area contributed by atoms with E-state index in [2.05, 4.69) is 5.32 Å². The van der Waals surface area contributed by atoms with Gasteiger partial charge in [0.05, 0.1) is 11.4 Å². The van der Waals surface area contributed by atoms with Crippen LogP contribution >= 0.6 is 23.2 Å². The predicted octanol–water partition coefficient (Wildman–Crippen LogP) is 4.50. The average molecular weight is 463 g/mol. The van der Waals surface area contributed by atoms with E-state index in [1.165, 1.54) is 12.1 Å².